The molecule has 0 radical (unpaired) electrons. The number of alkyl halides is 4. The van der Waals surface area contributed by atoms with Crippen molar-refractivity contribution < 1.29 is 27.0 Å². The Labute approximate surface area is 185 Å². The van der Waals surface area contributed by atoms with E-state index in [1.54, 1.807) is 30.3 Å². The number of hydrogen-bond acceptors (Lipinski definition) is 7. The van der Waals surface area contributed by atoms with Gasteiger partial charge in [0.15, 0.2) is 11.5 Å². The zero-order valence-corrected chi connectivity index (χ0v) is 17.2. The van der Waals surface area contributed by atoms with Crippen LogP contribution in [-0.2, 0) is 17.5 Å². The van der Waals surface area contributed by atoms with Gasteiger partial charge in [-0.1, -0.05) is 0 Å². The van der Waals surface area contributed by atoms with Gasteiger partial charge >= 0.3 is 6.18 Å². The predicted molar refractivity (Wildman–Crippen MR) is 113 cm³/mol. The summed E-state index contributed by atoms with van der Waals surface area (Å²) in [4.78, 5) is 17.0. The third-order valence-electron chi connectivity index (χ3n) is 4.57. The molecule has 0 aliphatic carbocycles. The minimum Gasteiger partial charge on any atom is -0.463 e. The molecule has 4 aromatic rings. The van der Waals surface area contributed by atoms with Gasteiger partial charge in [0.05, 0.1) is 16.6 Å². The number of anilines is 2. The lowest BCUT2D eigenvalue weighted by atomic mass is 10.1. The van der Waals surface area contributed by atoms with Gasteiger partial charge in [-0.15, -0.1) is 0 Å². The molecule has 1 N–H and O–H groups in total. The second-order valence-electron chi connectivity index (χ2n) is 6.79. The molecule has 0 fully saturated rings. The van der Waals surface area contributed by atoms with Gasteiger partial charge in [-0.2, -0.15) is 13.2 Å². The Bertz CT molecular complexity index is 1270. The summed E-state index contributed by atoms with van der Waals surface area (Å²) in [5.41, 5.74) is -0.365. The van der Waals surface area contributed by atoms with Crippen LogP contribution in [0, 0.1) is 0 Å². The third kappa shape index (κ3) is 4.98. The van der Waals surface area contributed by atoms with Gasteiger partial charge in [0.25, 0.3) is 0 Å². The molecule has 0 amide bonds. The van der Waals surface area contributed by atoms with Crippen molar-refractivity contribution >= 4 is 22.5 Å². The van der Waals surface area contributed by atoms with Crippen molar-refractivity contribution in [2.75, 3.05) is 19.3 Å². The van der Waals surface area contributed by atoms with E-state index in [0.717, 1.165) is 6.07 Å². The molecule has 0 spiro atoms. The van der Waals surface area contributed by atoms with E-state index in [4.69, 9.17) is 9.47 Å². The molecule has 3 heterocycles. The summed E-state index contributed by atoms with van der Waals surface area (Å²) in [6.45, 7) is -0.874. The fourth-order valence-corrected chi connectivity index (χ4v) is 3.15. The van der Waals surface area contributed by atoms with Crippen molar-refractivity contribution in [2.24, 2.45) is 0 Å². The zero-order chi connectivity index (χ0) is 23.4. The number of nitrogens with one attached hydrogen (secondary N) is 1. The number of hydrogen-bond donors (Lipinski definition) is 1. The number of aromatic nitrogens is 4. The zero-order valence-electron chi connectivity index (χ0n) is 17.2. The number of nitrogens with zero attached hydrogens (tertiary/aromatic N) is 4. The molecule has 0 atom stereocenters. The molecule has 1 aromatic carbocycles. The van der Waals surface area contributed by atoms with Crippen molar-refractivity contribution in [1.29, 1.82) is 0 Å². The third-order valence-corrected chi connectivity index (χ3v) is 4.57. The first-order valence-corrected chi connectivity index (χ1v) is 9.64. The Kier molecular flexibility index (Phi) is 6.31. The number of ether oxygens (including phenoxy) is 2. The molecule has 0 saturated carbocycles. The average Bonchev–Trinajstić information content (AvgIpc) is 2.80. The summed E-state index contributed by atoms with van der Waals surface area (Å²) >= 11 is 0. The number of benzene rings is 1. The summed E-state index contributed by atoms with van der Waals surface area (Å²) in [7, 11) is 1.47. The molecule has 0 aliphatic heterocycles. The normalized spacial score (nSPS) is 11.5. The van der Waals surface area contributed by atoms with Crippen molar-refractivity contribution in [1.82, 2.24) is 19.9 Å². The van der Waals surface area contributed by atoms with E-state index in [1.165, 1.54) is 25.4 Å². The van der Waals surface area contributed by atoms with Gasteiger partial charge in [-0.3, -0.25) is 4.98 Å². The summed E-state index contributed by atoms with van der Waals surface area (Å²) in [6.07, 6.45) is -3.31. The fraction of sp³-hybridized carbons (Fsp3) is 0.182. The highest BCUT2D eigenvalue weighted by Crippen LogP contribution is 2.36. The second-order valence-corrected chi connectivity index (χ2v) is 6.79. The number of pyridine rings is 2. The highest BCUT2D eigenvalue weighted by molar-refractivity contribution is 5.90. The lowest BCUT2D eigenvalue weighted by molar-refractivity contribution is -0.137. The Hall–Kier alpha value is -3.86. The molecule has 0 saturated heterocycles. The van der Waals surface area contributed by atoms with Gasteiger partial charge in [-0.25, -0.2) is 19.3 Å². The van der Waals surface area contributed by atoms with Crippen LogP contribution in [0.1, 0.15) is 11.4 Å². The van der Waals surface area contributed by atoms with Gasteiger partial charge in [-0.05, 0) is 48.5 Å². The first-order chi connectivity index (χ1) is 15.9. The van der Waals surface area contributed by atoms with E-state index in [1.807, 2.05) is 0 Å². The quantitative estimate of drug-likeness (QED) is 0.376. The van der Waals surface area contributed by atoms with Gasteiger partial charge in [0.1, 0.15) is 23.9 Å². The van der Waals surface area contributed by atoms with Crippen LogP contribution >= 0.6 is 0 Å². The maximum Gasteiger partial charge on any atom is 0.418 e. The van der Waals surface area contributed by atoms with Crippen LogP contribution in [0.3, 0.4) is 0 Å². The molecule has 170 valence electrons. The lowest BCUT2D eigenvalue weighted by Crippen LogP contribution is -2.09. The smallest absolute Gasteiger partial charge is 0.418 e. The van der Waals surface area contributed by atoms with E-state index in [0.29, 0.717) is 22.6 Å². The van der Waals surface area contributed by atoms with Crippen LogP contribution in [0.4, 0.5) is 29.1 Å². The molecule has 3 aromatic heterocycles. The number of halogens is 4. The number of methoxy groups -OCH3 is 1. The molecule has 0 aliphatic rings. The number of rotatable bonds is 7. The van der Waals surface area contributed by atoms with Crippen LogP contribution < -0.4 is 10.1 Å². The Morgan fingerprint density at radius 3 is 2.45 bits per heavy atom. The molecule has 33 heavy (non-hydrogen) atoms. The van der Waals surface area contributed by atoms with Gasteiger partial charge < -0.3 is 14.8 Å². The van der Waals surface area contributed by atoms with Crippen LogP contribution in [0.15, 0.2) is 54.7 Å². The largest absolute Gasteiger partial charge is 0.463 e. The topological polar surface area (TPSA) is 82.0 Å². The van der Waals surface area contributed by atoms with Gasteiger partial charge in [0, 0.05) is 19.0 Å². The Morgan fingerprint density at radius 1 is 0.970 bits per heavy atom. The van der Waals surface area contributed by atoms with Crippen molar-refractivity contribution in [2.45, 2.75) is 12.8 Å². The SMILES string of the molecule is COCc1nc(Nc2ccc(OCF)cc2)c2ccc(-c3ncccc3C(F)(F)F)nc2n1. The van der Waals surface area contributed by atoms with Crippen molar-refractivity contribution in [3.05, 3.63) is 66.1 Å². The fourth-order valence-electron chi connectivity index (χ4n) is 3.15. The van der Waals surface area contributed by atoms with E-state index >= 15 is 0 Å². The first-order valence-electron chi connectivity index (χ1n) is 9.64. The average molecular weight is 459 g/mol. The van der Waals surface area contributed by atoms with E-state index in [-0.39, 0.29) is 29.5 Å². The van der Waals surface area contributed by atoms with Crippen molar-refractivity contribution in [3.8, 4) is 17.1 Å². The summed E-state index contributed by atoms with van der Waals surface area (Å²) in [5.74, 6) is 1.02. The Balaban J connectivity index is 1.78. The summed E-state index contributed by atoms with van der Waals surface area (Å²) in [6, 6.07) is 11.7. The standard InChI is InChI=1S/C22H17F4N5O2/c1-32-11-18-30-20(28-13-4-6-14(7-5-13)33-12-23)15-8-9-17(29-21(15)31-18)19-16(22(24,25)26)3-2-10-27-19/h2-10H,11-12H2,1H3,(H,28,29,30,31). The molecule has 0 unspecified atom stereocenters. The molecular formula is C22H17F4N5O2. The summed E-state index contributed by atoms with van der Waals surface area (Å²) in [5, 5.41) is 3.60. The maximum atomic E-state index is 13.4. The highest BCUT2D eigenvalue weighted by atomic mass is 19.4. The molecule has 4 rings (SSSR count). The lowest BCUT2D eigenvalue weighted by Gasteiger charge is -2.13. The van der Waals surface area contributed by atoms with E-state index in [9.17, 15) is 17.6 Å². The predicted octanol–water partition coefficient (Wildman–Crippen LogP) is 5.30. The molecule has 7 nitrogen and oxygen atoms in total. The van der Waals surface area contributed by atoms with Gasteiger partial charge in [0.2, 0.25) is 6.86 Å². The maximum absolute atomic E-state index is 13.4. The van der Waals surface area contributed by atoms with E-state index in [2.05, 4.69) is 25.3 Å². The monoisotopic (exact) mass is 459 g/mol. The van der Waals surface area contributed by atoms with Crippen LogP contribution in [0.2, 0.25) is 0 Å². The highest BCUT2D eigenvalue weighted by Gasteiger charge is 2.34. The molecular weight excluding hydrogens is 442 g/mol. The van der Waals surface area contributed by atoms with E-state index < -0.39 is 18.6 Å². The molecule has 11 heteroatoms. The Morgan fingerprint density at radius 2 is 1.76 bits per heavy atom. The van der Waals surface area contributed by atoms with Crippen LogP contribution in [0.5, 0.6) is 5.75 Å². The number of fused-ring (bicyclic) bond motifs is 1. The molecule has 0 bridgehead atoms. The second kappa shape index (κ2) is 9.33. The van der Waals surface area contributed by atoms with Crippen molar-refractivity contribution in [3.63, 3.8) is 0 Å². The van der Waals surface area contributed by atoms with Crippen LogP contribution in [-0.4, -0.2) is 33.9 Å². The minimum absolute atomic E-state index is 0.0242. The summed E-state index contributed by atoms with van der Waals surface area (Å²) < 4.78 is 62.6. The first kappa shape index (κ1) is 22.3. The van der Waals surface area contributed by atoms with Crippen LogP contribution in [0.25, 0.3) is 22.4 Å². The minimum atomic E-state index is -4.59.